The maximum absolute atomic E-state index is 8.70. The van der Waals surface area contributed by atoms with Gasteiger partial charge in [0.2, 0.25) is 10.4 Å². The lowest BCUT2D eigenvalue weighted by atomic mass is 10.5. The summed E-state index contributed by atoms with van der Waals surface area (Å²) in [6.45, 7) is 4.19. The molecule has 0 amide bonds. The number of rotatable bonds is 0. The van der Waals surface area contributed by atoms with E-state index in [1.54, 1.807) is 0 Å². The normalized spacial score (nSPS) is 15.2. The minimum atomic E-state index is -4.92. The Hall–Kier alpha value is -0.190. The second-order valence-electron chi connectivity index (χ2n) is 2.16. The standard InChI is InChI=1S/C4H9NO.H2O4S.HO3P/c1-3-6-4-2-5-1;1-5(2,3)4;1-4(2)3/h5H,1-4H2;(H2,1,2,3,4);(H-,1,2,3)/p+1. The van der Waals surface area contributed by atoms with Gasteiger partial charge >= 0.3 is 8.25 Å². The van der Waals surface area contributed by atoms with Crippen LogP contribution in [0.4, 0.5) is 0 Å². The van der Waals surface area contributed by atoms with E-state index >= 15 is 0 Å². The largest absolute Gasteiger partial charge is 0.726 e. The number of morpholine rings is 1. The number of hydrogen-bond acceptors (Lipinski definition) is 5. The molecular weight excluding hydrogens is 253 g/mol. The van der Waals surface area contributed by atoms with Crippen LogP contribution in [-0.4, -0.2) is 53.6 Å². The van der Waals surface area contributed by atoms with E-state index in [4.69, 9.17) is 36.6 Å². The second kappa shape index (κ2) is 10.3. The molecule has 1 aliphatic rings. The summed E-state index contributed by atoms with van der Waals surface area (Å²) >= 11 is 0. The molecule has 5 N–H and O–H groups in total. The van der Waals surface area contributed by atoms with Crippen molar-refractivity contribution < 1.29 is 41.9 Å². The molecule has 1 rings (SSSR count). The lowest BCUT2D eigenvalue weighted by Crippen LogP contribution is -2.87. The molecule has 0 bridgehead atoms. The Kier molecular flexibility index (Phi) is 11.9. The summed E-state index contributed by atoms with van der Waals surface area (Å²) in [4.78, 5) is 14.2. The van der Waals surface area contributed by atoms with E-state index in [0.29, 0.717) is 0 Å². The molecule has 0 atom stereocenters. The van der Waals surface area contributed by atoms with Gasteiger partial charge in [-0.15, -0.1) is 9.79 Å². The molecule has 0 aromatic heterocycles. The SMILES string of the molecule is C1COCC[NH2+]1.O=S(=O)([O-])O.O=[P+](O)O. The number of quaternary nitrogens is 1. The van der Waals surface area contributed by atoms with Gasteiger partial charge in [0.15, 0.2) is 0 Å². The van der Waals surface area contributed by atoms with E-state index in [9.17, 15) is 0 Å². The molecule has 15 heavy (non-hydrogen) atoms. The average Bonchev–Trinajstić information content (AvgIpc) is 2.03. The Bertz CT molecular complexity index is 226. The van der Waals surface area contributed by atoms with Crippen LogP contribution in [0.1, 0.15) is 0 Å². The zero-order valence-corrected chi connectivity index (χ0v) is 9.36. The number of hydrogen-bond donors (Lipinski definition) is 4. The summed E-state index contributed by atoms with van der Waals surface area (Å²) in [5.74, 6) is 0. The van der Waals surface area contributed by atoms with Crippen molar-refractivity contribution in [2.75, 3.05) is 26.3 Å². The van der Waals surface area contributed by atoms with E-state index in [1.807, 2.05) is 0 Å². The first-order chi connectivity index (χ1) is 6.73. The summed E-state index contributed by atoms with van der Waals surface area (Å²) in [6.07, 6.45) is 0. The second-order valence-corrected chi connectivity index (χ2v) is 3.52. The van der Waals surface area contributed by atoms with Crippen molar-refractivity contribution in [1.82, 2.24) is 0 Å². The quantitative estimate of drug-likeness (QED) is 0.208. The van der Waals surface area contributed by atoms with Gasteiger partial charge in [-0.2, -0.15) is 0 Å². The van der Waals surface area contributed by atoms with Gasteiger partial charge in [-0.05, 0) is 0 Å². The van der Waals surface area contributed by atoms with Gasteiger partial charge in [-0.25, -0.2) is 8.42 Å². The van der Waals surface area contributed by atoms with Gasteiger partial charge in [0.1, 0.15) is 0 Å². The van der Waals surface area contributed by atoms with E-state index in [-0.39, 0.29) is 0 Å². The highest BCUT2D eigenvalue weighted by Gasteiger charge is 1.96. The minimum absolute atomic E-state index is 0.944. The maximum atomic E-state index is 8.70. The molecule has 0 unspecified atom stereocenters. The third-order valence-corrected chi connectivity index (χ3v) is 0.933. The van der Waals surface area contributed by atoms with Crippen LogP contribution in [-0.2, 0) is 19.7 Å². The van der Waals surface area contributed by atoms with E-state index in [1.165, 1.54) is 0 Å². The van der Waals surface area contributed by atoms with Gasteiger partial charge in [0.25, 0.3) is 0 Å². The fourth-order valence-corrected chi connectivity index (χ4v) is 0.580. The van der Waals surface area contributed by atoms with E-state index < -0.39 is 18.7 Å². The Morgan fingerprint density at radius 1 is 1.27 bits per heavy atom. The van der Waals surface area contributed by atoms with Gasteiger partial charge in [0.05, 0.1) is 26.3 Å². The zero-order valence-electron chi connectivity index (χ0n) is 7.64. The van der Waals surface area contributed by atoms with E-state index in [2.05, 4.69) is 5.32 Å². The Morgan fingerprint density at radius 3 is 1.60 bits per heavy atom. The highest BCUT2D eigenvalue weighted by Crippen LogP contribution is 1.98. The Morgan fingerprint density at radius 2 is 1.53 bits per heavy atom. The fraction of sp³-hybridized carbons (Fsp3) is 1.00. The van der Waals surface area contributed by atoms with Crippen molar-refractivity contribution in [2.45, 2.75) is 0 Å². The third-order valence-electron chi connectivity index (χ3n) is 0.933. The summed E-state index contributed by atoms with van der Waals surface area (Å²) < 4.78 is 46.6. The first-order valence-electron chi connectivity index (χ1n) is 3.66. The first kappa shape index (κ1) is 17.2. The molecule has 0 spiro atoms. The third kappa shape index (κ3) is 57.1. The van der Waals surface area contributed by atoms with Crippen molar-refractivity contribution in [3.63, 3.8) is 0 Å². The average molecular weight is 266 g/mol. The number of ether oxygens (including phenoxy) is 1. The smallest absolute Gasteiger partial charge is 0.692 e. The summed E-state index contributed by atoms with van der Waals surface area (Å²) in [6, 6.07) is 0. The van der Waals surface area contributed by atoms with Crippen molar-refractivity contribution in [1.29, 1.82) is 0 Å². The molecule has 0 radical (unpaired) electrons. The van der Waals surface area contributed by atoms with Crippen LogP contribution in [0.25, 0.3) is 0 Å². The van der Waals surface area contributed by atoms with Crippen molar-refractivity contribution in [3.05, 3.63) is 0 Å². The highest BCUT2D eigenvalue weighted by molar-refractivity contribution is 7.79. The molecule has 1 fully saturated rings. The molecule has 0 aromatic carbocycles. The van der Waals surface area contributed by atoms with Crippen LogP contribution in [0.5, 0.6) is 0 Å². The van der Waals surface area contributed by atoms with Crippen LogP contribution >= 0.6 is 8.25 Å². The molecule has 11 heteroatoms. The van der Waals surface area contributed by atoms with Gasteiger partial charge in [-0.3, -0.25) is 4.55 Å². The first-order valence-corrected chi connectivity index (χ1v) is 6.19. The van der Waals surface area contributed by atoms with Gasteiger partial charge < -0.3 is 14.6 Å². The van der Waals surface area contributed by atoms with Crippen LogP contribution in [0.3, 0.4) is 0 Å². The Labute approximate surface area is 87.6 Å². The topological polar surface area (TPSA) is 161 Å². The number of nitrogens with two attached hydrogens (primary N) is 1. The van der Waals surface area contributed by atoms with Crippen LogP contribution in [0.15, 0.2) is 0 Å². The van der Waals surface area contributed by atoms with Crippen molar-refractivity contribution >= 4 is 18.7 Å². The fourth-order valence-electron chi connectivity index (χ4n) is 0.580. The summed E-state index contributed by atoms with van der Waals surface area (Å²) in [5.41, 5.74) is 0. The molecule has 0 saturated carbocycles. The maximum Gasteiger partial charge on any atom is 0.692 e. The molecule has 0 aromatic rings. The summed E-state index contributed by atoms with van der Waals surface area (Å²) in [7, 11) is -7.79. The monoisotopic (exact) mass is 266 g/mol. The molecule has 1 aliphatic heterocycles. The molecule has 1 saturated heterocycles. The van der Waals surface area contributed by atoms with E-state index in [0.717, 1.165) is 26.3 Å². The molecule has 1 heterocycles. The lowest BCUT2D eigenvalue weighted by molar-refractivity contribution is -0.670. The molecular formula is C4H13NO8PS+. The predicted molar refractivity (Wildman–Crippen MR) is 46.8 cm³/mol. The molecule has 9 nitrogen and oxygen atoms in total. The molecule has 0 aliphatic carbocycles. The van der Waals surface area contributed by atoms with Crippen LogP contribution < -0.4 is 5.32 Å². The highest BCUT2D eigenvalue weighted by atomic mass is 32.3. The Balaban J connectivity index is 0. The van der Waals surface area contributed by atoms with Crippen LogP contribution in [0, 0.1) is 0 Å². The molecule has 92 valence electrons. The van der Waals surface area contributed by atoms with Crippen LogP contribution in [0.2, 0.25) is 0 Å². The van der Waals surface area contributed by atoms with Gasteiger partial charge in [-0.1, -0.05) is 0 Å². The lowest BCUT2D eigenvalue weighted by Gasteiger charge is -2.07. The van der Waals surface area contributed by atoms with Crippen molar-refractivity contribution in [3.8, 4) is 0 Å². The zero-order chi connectivity index (χ0) is 12.3. The minimum Gasteiger partial charge on any atom is -0.726 e. The predicted octanol–water partition coefficient (Wildman–Crippen LogP) is -2.79. The summed E-state index contributed by atoms with van der Waals surface area (Å²) in [5, 5.41) is 2.27. The van der Waals surface area contributed by atoms with Crippen molar-refractivity contribution in [2.24, 2.45) is 0 Å². The van der Waals surface area contributed by atoms with Gasteiger partial charge in [0, 0.05) is 4.57 Å².